The zero-order chi connectivity index (χ0) is 24.2. The van der Waals surface area contributed by atoms with E-state index in [1.165, 1.54) is 76.5 Å². The summed E-state index contributed by atoms with van der Waals surface area (Å²) in [6.07, 6.45) is 0. The first-order valence-electron chi connectivity index (χ1n) is 12.6. The van der Waals surface area contributed by atoms with E-state index in [-0.39, 0.29) is 0 Å². The zero-order valence-electron chi connectivity index (χ0n) is 20.5. The summed E-state index contributed by atoms with van der Waals surface area (Å²) in [6, 6.07) is 44.7. The summed E-state index contributed by atoms with van der Waals surface area (Å²) in [5.74, 6) is 0. The van der Waals surface area contributed by atoms with Crippen LogP contribution in [-0.2, 0) is 0 Å². The van der Waals surface area contributed by atoms with Crippen molar-refractivity contribution < 1.29 is 0 Å². The lowest BCUT2D eigenvalue weighted by Gasteiger charge is -2.20. The van der Waals surface area contributed by atoms with E-state index in [0.717, 1.165) is 0 Å². The van der Waals surface area contributed by atoms with Gasteiger partial charge in [-0.15, -0.1) is 0 Å². The second-order valence-corrected chi connectivity index (χ2v) is 9.91. The number of rotatable bonds is 2. The molecule has 0 radical (unpaired) electrons. The van der Waals surface area contributed by atoms with Crippen molar-refractivity contribution >= 4 is 43.1 Å². The predicted molar refractivity (Wildman–Crippen MR) is 157 cm³/mol. The molecule has 0 saturated carbocycles. The van der Waals surface area contributed by atoms with Gasteiger partial charge in [0, 0.05) is 0 Å². The fourth-order valence-electron chi connectivity index (χ4n) is 6.04. The molecule has 0 heteroatoms. The van der Waals surface area contributed by atoms with Crippen LogP contribution in [0.15, 0.2) is 121 Å². The topological polar surface area (TPSA) is 0 Å². The number of hydrogen-bond donors (Lipinski definition) is 0. The summed E-state index contributed by atoms with van der Waals surface area (Å²) >= 11 is 0. The lowest BCUT2D eigenvalue weighted by molar-refractivity contribution is 1.50. The highest BCUT2D eigenvalue weighted by Crippen LogP contribution is 2.46. The van der Waals surface area contributed by atoms with E-state index in [4.69, 9.17) is 0 Å². The van der Waals surface area contributed by atoms with E-state index in [2.05, 4.69) is 135 Å². The molecule has 0 atom stereocenters. The van der Waals surface area contributed by atoms with Gasteiger partial charge < -0.3 is 0 Å². The van der Waals surface area contributed by atoms with Crippen LogP contribution < -0.4 is 0 Å². The van der Waals surface area contributed by atoms with Gasteiger partial charge in [-0.2, -0.15) is 0 Å². The van der Waals surface area contributed by atoms with E-state index in [1.807, 2.05) is 0 Å². The lowest BCUT2D eigenvalue weighted by atomic mass is 9.83. The molecule has 0 amide bonds. The molecule has 0 fully saturated rings. The highest BCUT2D eigenvalue weighted by Gasteiger charge is 2.19. The molecule has 36 heavy (non-hydrogen) atoms. The Hall–Kier alpha value is -4.42. The quantitative estimate of drug-likeness (QED) is 0.226. The Morgan fingerprint density at radius 2 is 0.639 bits per heavy atom. The summed E-state index contributed by atoms with van der Waals surface area (Å²) in [5, 5.41) is 10.4. The normalized spacial score (nSPS) is 11.6. The van der Waals surface area contributed by atoms with Crippen LogP contribution in [0.3, 0.4) is 0 Å². The zero-order valence-corrected chi connectivity index (χ0v) is 20.5. The monoisotopic (exact) mass is 458 g/mol. The number of benzene rings is 7. The molecular weight excluding hydrogens is 432 g/mol. The summed E-state index contributed by atoms with van der Waals surface area (Å²) < 4.78 is 0. The first-order chi connectivity index (χ1) is 17.7. The SMILES string of the molecule is Cc1cc(-c2c3ccccc3c(-c3cc(C)cc4ccccc34)c3ccccc23)c2ccccc2c1. The van der Waals surface area contributed by atoms with Crippen molar-refractivity contribution in [2.45, 2.75) is 13.8 Å². The standard InChI is InChI=1S/C36H26/c1-23-19-25-11-3-5-13-27(25)33(21-23)35-29-15-7-9-17-31(29)36(32-18-10-8-16-30(32)35)34-22-24(2)20-26-12-4-6-14-28(26)34/h3-22H,1-2H3. The fourth-order valence-corrected chi connectivity index (χ4v) is 6.04. The molecule has 0 saturated heterocycles. The third-order valence-corrected chi connectivity index (χ3v) is 7.48. The smallest absolute Gasteiger partial charge is 0.00200 e. The maximum atomic E-state index is 2.36. The maximum absolute atomic E-state index is 2.36. The van der Waals surface area contributed by atoms with Crippen LogP contribution in [-0.4, -0.2) is 0 Å². The summed E-state index contributed by atoms with van der Waals surface area (Å²) in [6.45, 7) is 4.40. The third-order valence-electron chi connectivity index (χ3n) is 7.48. The van der Waals surface area contributed by atoms with Crippen LogP contribution in [0.25, 0.3) is 65.3 Å². The van der Waals surface area contributed by atoms with Crippen molar-refractivity contribution in [1.29, 1.82) is 0 Å². The third kappa shape index (κ3) is 3.15. The molecule has 7 aromatic rings. The van der Waals surface area contributed by atoms with Gasteiger partial charge in [0.2, 0.25) is 0 Å². The minimum Gasteiger partial charge on any atom is -0.0616 e. The first kappa shape index (κ1) is 20.9. The van der Waals surface area contributed by atoms with Crippen LogP contribution in [0, 0.1) is 13.8 Å². The van der Waals surface area contributed by atoms with Crippen molar-refractivity contribution in [3.8, 4) is 22.3 Å². The Morgan fingerprint density at radius 1 is 0.333 bits per heavy atom. The van der Waals surface area contributed by atoms with Crippen molar-refractivity contribution in [3.05, 3.63) is 132 Å². The molecule has 0 aliphatic heterocycles. The predicted octanol–water partition coefficient (Wildman–Crippen LogP) is 10.3. The van der Waals surface area contributed by atoms with Crippen molar-refractivity contribution in [1.82, 2.24) is 0 Å². The van der Waals surface area contributed by atoms with Gasteiger partial charge in [0.25, 0.3) is 0 Å². The van der Waals surface area contributed by atoms with E-state index < -0.39 is 0 Å². The molecule has 0 nitrogen and oxygen atoms in total. The second kappa shape index (κ2) is 8.07. The highest BCUT2D eigenvalue weighted by atomic mass is 14.2. The minimum atomic E-state index is 1.28. The molecule has 0 unspecified atom stereocenters. The lowest BCUT2D eigenvalue weighted by Crippen LogP contribution is -1.93. The average molecular weight is 459 g/mol. The van der Waals surface area contributed by atoms with Gasteiger partial charge in [0.1, 0.15) is 0 Å². The Balaban J connectivity index is 1.71. The molecule has 0 aliphatic rings. The van der Waals surface area contributed by atoms with E-state index in [0.29, 0.717) is 0 Å². The maximum Gasteiger partial charge on any atom is -0.00200 e. The van der Waals surface area contributed by atoms with Crippen LogP contribution in [0.1, 0.15) is 11.1 Å². The Kier molecular flexibility index (Phi) is 4.69. The van der Waals surface area contributed by atoms with Gasteiger partial charge in [-0.1, -0.05) is 121 Å². The van der Waals surface area contributed by atoms with E-state index in [1.54, 1.807) is 0 Å². The summed E-state index contributed by atoms with van der Waals surface area (Å²) in [4.78, 5) is 0. The van der Waals surface area contributed by atoms with Crippen LogP contribution >= 0.6 is 0 Å². The molecule has 0 heterocycles. The number of fused-ring (bicyclic) bond motifs is 4. The molecule has 0 N–H and O–H groups in total. The largest absolute Gasteiger partial charge is 0.0616 e. The van der Waals surface area contributed by atoms with Crippen molar-refractivity contribution in [2.75, 3.05) is 0 Å². The van der Waals surface area contributed by atoms with Crippen LogP contribution in [0.2, 0.25) is 0 Å². The average Bonchev–Trinajstić information content (AvgIpc) is 2.91. The van der Waals surface area contributed by atoms with E-state index >= 15 is 0 Å². The molecule has 0 bridgehead atoms. The summed E-state index contributed by atoms with van der Waals surface area (Å²) in [7, 11) is 0. The van der Waals surface area contributed by atoms with Gasteiger partial charge in [0.05, 0.1) is 0 Å². The Bertz CT molecular complexity index is 1760. The molecule has 170 valence electrons. The van der Waals surface area contributed by atoms with Crippen LogP contribution in [0.4, 0.5) is 0 Å². The Morgan fingerprint density at radius 3 is 1.00 bits per heavy atom. The van der Waals surface area contributed by atoms with Gasteiger partial charge in [-0.05, 0) is 90.3 Å². The van der Waals surface area contributed by atoms with Crippen LogP contribution in [0.5, 0.6) is 0 Å². The number of hydrogen-bond acceptors (Lipinski definition) is 0. The van der Waals surface area contributed by atoms with Gasteiger partial charge in [-0.3, -0.25) is 0 Å². The second-order valence-electron chi connectivity index (χ2n) is 9.91. The van der Waals surface area contributed by atoms with Gasteiger partial charge in [-0.25, -0.2) is 0 Å². The molecule has 7 aromatic carbocycles. The van der Waals surface area contributed by atoms with Gasteiger partial charge >= 0.3 is 0 Å². The van der Waals surface area contributed by atoms with Crippen molar-refractivity contribution in [2.24, 2.45) is 0 Å². The minimum absolute atomic E-state index is 1.28. The summed E-state index contributed by atoms with van der Waals surface area (Å²) in [5.41, 5.74) is 7.82. The van der Waals surface area contributed by atoms with E-state index in [9.17, 15) is 0 Å². The fraction of sp³-hybridized carbons (Fsp3) is 0.0556. The Labute approximate surface area is 211 Å². The van der Waals surface area contributed by atoms with Gasteiger partial charge in [0.15, 0.2) is 0 Å². The molecule has 0 spiro atoms. The molecule has 7 rings (SSSR count). The first-order valence-corrected chi connectivity index (χ1v) is 12.6. The molecule has 0 aliphatic carbocycles. The number of aryl methyl sites for hydroxylation is 2. The highest BCUT2D eigenvalue weighted by molar-refractivity contribution is 6.25. The van der Waals surface area contributed by atoms with Crippen molar-refractivity contribution in [3.63, 3.8) is 0 Å². The molecule has 0 aromatic heterocycles. The molecular formula is C36H26.